The number of hydrogen-bond acceptors (Lipinski definition) is 3. The van der Waals surface area contributed by atoms with E-state index in [4.69, 9.17) is 4.74 Å². The summed E-state index contributed by atoms with van der Waals surface area (Å²) in [4.78, 5) is 4.39. The number of aryl methyl sites for hydroxylation is 1. The number of pyridine rings is 1. The van der Waals surface area contributed by atoms with Gasteiger partial charge in [-0.3, -0.25) is 4.98 Å². The Morgan fingerprint density at radius 2 is 1.89 bits per heavy atom. The van der Waals surface area contributed by atoms with Crippen LogP contribution < -0.4 is 10.1 Å². The lowest BCUT2D eigenvalue weighted by molar-refractivity contribution is 0.414. The van der Waals surface area contributed by atoms with Gasteiger partial charge in [-0.2, -0.15) is 0 Å². The Labute approximate surface area is 114 Å². The van der Waals surface area contributed by atoms with Gasteiger partial charge < -0.3 is 10.1 Å². The van der Waals surface area contributed by atoms with Gasteiger partial charge in [0.1, 0.15) is 5.75 Å². The Kier molecular flexibility index (Phi) is 4.53. The molecule has 0 aliphatic heterocycles. The normalized spacial score (nSPS) is 12.2. The molecule has 2 aromatic rings. The molecule has 100 valence electrons. The van der Waals surface area contributed by atoms with Crippen molar-refractivity contribution in [2.24, 2.45) is 0 Å². The maximum Gasteiger partial charge on any atom is 0.118 e. The second kappa shape index (κ2) is 6.34. The van der Waals surface area contributed by atoms with E-state index in [0.717, 1.165) is 18.0 Å². The fraction of sp³-hybridized carbons (Fsp3) is 0.312. The summed E-state index contributed by atoms with van der Waals surface area (Å²) >= 11 is 0. The van der Waals surface area contributed by atoms with Gasteiger partial charge in [0.25, 0.3) is 0 Å². The Morgan fingerprint density at radius 1 is 1.16 bits per heavy atom. The van der Waals surface area contributed by atoms with Crippen molar-refractivity contribution in [2.75, 3.05) is 7.11 Å². The van der Waals surface area contributed by atoms with E-state index in [1.807, 2.05) is 25.3 Å². The van der Waals surface area contributed by atoms with E-state index in [1.165, 1.54) is 11.1 Å². The standard InChI is InChI=1S/C16H20N2O/c1-12-4-7-15(18-10-12)11-17-13(2)14-5-8-16(19-3)9-6-14/h4-10,13,17H,11H2,1-3H3. The first-order chi connectivity index (χ1) is 9.19. The first-order valence-corrected chi connectivity index (χ1v) is 6.48. The highest BCUT2D eigenvalue weighted by Gasteiger charge is 2.05. The minimum absolute atomic E-state index is 0.286. The van der Waals surface area contributed by atoms with Gasteiger partial charge in [-0.25, -0.2) is 0 Å². The molecular formula is C16H20N2O. The van der Waals surface area contributed by atoms with Crippen LogP contribution in [0.2, 0.25) is 0 Å². The van der Waals surface area contributed by atoms with E-state index < -0.39 is 0 Å². The number of ether oxygens (including phenoxy) is 1. The van der Waals surface area contributed by atoms with E-state index in [-0.39, 0.29) is 6.04 Å². The van der Waals surface area contributed by atoms with Crippen LogP contribution in [0.5, 0.6) is 5.75 Å². The molecule has 0 saturated carbocycles. The molecule has 3 heteroatoms. The summed E-state index contributed by atoms with van der Waals surface area (Å²) in [5.41, 5.74) is 3.49. The average Bonchev–Trinajstić information content (AvgIpc) is 2.46. The van der Waals surface area contributed by atoms with Crippen LogP contribution in [0.1, 0.15) is 29.8 Å². The Hall–Kier alpha value is -1.87. The van der Waals surface area contributed by atoms with Gasteiger partial charge in [0.05, 0.1) is 12.8 Å². The SMILES string of the molecule is COc1ccc(C(C)NCc2ccc(C)cn2)cc1. The molecular weight excluding hydrogens is 236 g/mol. The highest BCUT2D eigenvalue weighted by atomic mass is 16.5. The predicted molar refractivity (Wildman–Crippen MR) is 77.2 cm³/mol. The fourth-order valence-electron chi connectivity index (χ4n) is 1.87. The molecule has 0 aliphatic rings. The van der Waals surface area contributed by atoms with Crippen LogP contribution in [-0.4, -0.2) is 12.1 Å². The fourth-order valence-corrected chi connectivity index (χ4v) is 1.87. The minimum Gasteiger partial charge on any atom is -0.497 e. The molecule has 1 aromatic heterocycles. The van der Waals surface area contributed by atoms with Crippen molar-refractivity contribution in [3.63, 3.8) is 0 Å². The van der Waals surface area contributed by atoms with Crippen LogP contribution in [0, 0.1) is 6.92 Å². The van der Waals surface area contributed by atoms with E-state index >= 15 is 0 Å². The van der Waals surface area contributed by atoms with Gasteiger partial charge in [-0.1, -0.05) is 18.2 Å². The van der Waals surface area contributed by atoms with Crippen molar-refractivity contribution in [3.8, 4) is 5.75 Å². The summed E-state index contributed by atoms with van der Waals surface area (Å²) in [7, 11) is 1.68. The van der Waals surface area contributed by atoms with E-state index in [0.29, 0.717) is 0 Å². The highest BCUT2D eigenvalue weighted by molar-refractivity contribution is 5.28. The van der Waals surface area contributed by atoms with E-state index in [2.05, 4.69) is 41.5 Å². The van der Waals surface area contributed by atoms with Crippen molar-refractivity contribution >= 4 is 0 Å². The molecule has 1 heterocycles. The molecule has 3 nitrogen and oxygen atoms in total. The molecule has 1 aromatic carbocycles. The van der Waals surface area contributed by atoms with Crippen LogP contribution in [0.15, 0.2) is 42.6 Å². The van der Waals surface area contributed by atoms with Gasteiger partial charge in [-0.15, -0.1) is 0 Å². The zero-order valence-electron chi connectivity index (χ0n) is 11.7. The summed E-state index contributed by atoms with van der Waals surface area (Å²) < 4.78 is 5.16. The minimum atomic E-state index is 0.286. The molecule has 0 aliphatic carbocycles. The highest BCUT2D eigenvalue weighted by Crippen LogP contribution is 2.17. The number of aromatic nitrogens is 1. The second-order valence-corrected chi connectivity index (χ2v) is 4.70. The number of nitrogens with one attached hydrogen (secondary N) is 1. The monoisotopic (exact) mass is 256 g/mol. The number of methoxy groups -OCH3 is 1. The molecule has 0 amide bonds. The van der Waals surface area contributed by atoms with E-state index in [1.54, 1.807) is 7.11 Å². The maximum atomic E-state index is 5.16. The molecule has 19 heavy (non-hydrogen) atoms. The third kappa shape index (κ3) is 3.80. The first-order valence-electron chi connectivity index (χ1n) is 6.48. The Balaban J connectivity index is 1.93. The first kappa shape index (κ1) is 13.6. The number of nitrogens with zero attached hydrogens (tertiary/aromatic N) is 1. The van der Waals surface area contributed by atoms with Crippen molar-refractivity contribution in [1.82, 2.24) is 10.3 Å². The zero-order valence-corrected chi connectivity index (χ0v) is 11.7. The van der Waals surface area contributed by atoms with Gasteiger partial charge in [-0.05, 0) is 43.2 Å². The van der Waals surface area contributed by atoms with Crippen molar-refractivity contribution < 1.29 is 4.74 Å². The second-order valence-electron chi connectivity index (χ2n) is 4.70. The number of rotatable bonds is 5. The lowest BCUT2D eigenvalue weighted by Crippen LogP contribution is -2.18. The molecule has 0 fully saturated rings. The molecule has 0 radical (unpaired) electrons. The quantitative estimate of drug-likeness (QED) is 0.891. The molecule has 1 N–H and O–H groups in total. The van der Waals surface area contributed by atoms with Gasteiger partial charge >= 0.3 is 0 Å². The Bertz CT molecular complexity index is 505. The summed E-state index contributed by atoms with van der Waals surface area (Å²) in [5, 5.41) is 3.47. The van der Waals surface area contributed by atoms with Crippen LogP contribution in [0.4, 0.5) is 0 Å². The van der Waals surface area contributed by atoms with E-state index in [9.17, 15) is 0 Å². The lowest BCUT2D eigenvalue weighted by atomic mass is 10.1. The van der Waals surface area contributed by atoms with Gasteiger partial charge in [0.15, 0.2) is 0 Å². The van der Waals surface area contributed by atoms with Crippen molar-refractivity contribution in [3.05, 3.63) is 59.4 Å². The molecule has 0 bridgehead atoms. The Morgan fingerprint density at radius 3 is 2.47 bits per heavy atom. The summed E-state index contributed by atoms with van der Waals surface area (Å²) in [6.07, 6.45) is 1.90. The maximum absolute atomic E-state index is 5.16. The topological polar surface area (TPSA) is 34.1 Å². The van der Waals surface area contributed by atoms with Crippen LogP contribution in [0.3, 0.4) is 0 Å². The molecule has 0 saturated heterocycles. The molecule has 2 rings (SSSR count). The summed E-state index contributed by atoms with van der Waals surface area (Å²) in [6, 6.07) is 12.6. The largest absolute Gasteiger partial charge is 0.497 e. The van der Waals surface area contributed by atoms with Crippen LogP contribution in [-0.2, 0) is 6.54 Å². The third-order valence-electron chi connectivity index (χ3n) is 3.18. The lowest BCUT2D eigenvalue weighted by Gasteiger charge is -2.14. The van der Waals surface area contributed by atoms with Crippen LogP contribution >= 0.6 is 0 Å². The van der Waals surface area contributed by atoms with Crippen molar-refractivity contribution in [2.45, 2.75) is 26.4 Å². The molecule has 0 spiro atoms. The van der Waals surface area contributed by atoms with Gasteiger partial charge in [0, 0.05) is 18.8 Å². The van der Waals surface area contributed by atoms with Crippen molar-refractivity contribution in [1.29, 1.82) is 0 Å². The average molecular weight is 256 g/mol. The number of benzene rings is 1. The number of hydrogen-bond donors (Lipinski definition) is 1. The predicted octanol–water partition coefficient (Wildman–Crippen LogP) is 3.25. The zero-order chi connectivity index (χ0) is 13.7. The van der Waals surface area contributed by atoms with Gasteiger partial charge in [0.2, 0.25) is 0 Å². The molecule has 1 unspecified atom stereocenters. The summed E-state index contributed by atoms with van der Waals surface area (Å²) in [6.45, 7) is 4.97. The third-order valence-corrected chi connectivity index (χ3v) is 3.18. The molecule has 1 atom stereocenters. The smallest absolute Gasteiger partial charge is 0.118 e. The van der Waals surface area contributed by atoms with Crippen LogP contribution in [0.25, 0.3) is 0 Å². The summed E-state index contributed by atoms with van der Waals surface area (Å²) in [5.74, 6) is 0.885.